The molecule has 0 aliphatic heterocycles. The number of ether oxygens (including phenoxy) is 2. The third-order valence-electron chi connectivity index (χ3n) is 3.50. The van der Waals surface area contributed by atoms with Crippen LogP contribution in [-0.4, -0.2) is 19.5 Å². The number of carbonyl (C=O) groups excluding carboxylic acids is 1. The largest absolute Gasteiger partial charge is 0.573 e. The summed E-state index contributed by atoms with van der Waals surface area (Å²) in [5, 5.41) is 5.19. The van der Waals surface area contributed by atoms with E-state index in [4.69, 9.17) is 4.74 Å². The van der Waals surface area contributed by atoms with Crippen LogP contribution in [0.5, 0.6) is 5.75 Å². The van der Waals surface area contributed by atoms with Crippen molar-refractivity contribution in [1.29, 1.82) is 0 Å². The van der Waals surface area contributed by atoms with Gasteiger partial charge in [0.2, 0.25) is 0 Å². The first-order valence-corrected chi connectivity index (χ1v) is 7.80. The van der Waals surface area contributed by atoms with Crippen LogP contribution in [0.25, 0.3) is 0 Å². The van der Waals surface area contributed by atoms with E-state index in [-0.39, 0.29) is 24.4 Å². The van der Waals surface area contributed by atoms with Crippen LogP contribution in [0.1, 0.15) is 16.7 Å². The molecule has 0 saturated heterocycles. The van der Waals surface area contributed by atoms with Crippen LogP contribution in [0.3, 0.4) is 0 Å². The van der Waals surface area contributed by atoms with Crippen molar-refractivity contribution in [2.24, 2.45) is 0 Å². The zero-order valence-electron chi connectivity index (χ0n) is 14.1. The van der Waals surface area contributed by atoms with Gasteiger partial charge < -0.3 is 20.1 Å². The van der Waals surface area contributed by atoms with Crippen LogP contribution >= 0.6 is 0 Å². The average Bonchev–Trinajstić information content (AvgIpc) is 2.59. The Bertz CT molecular complexity index is 736. The molecular formula is C18H19F3N2O3. The Morgan fingerprint density at radius 3 is 2.08 bits per heavy atom. The highest BCUT2D eigenvalue weighted by Gasteiger charge is 2.31. The molecule has 26 heavy (non-hydrogen) atoms. The number of urea groups is 1. The maximum absolute atomic E-state index is 12.4. The fraction of sp³-hybridized carbons (Fsp3) is 0.278. The van der Waals surface area contributed by atoms with Gasteiger partial charge in [-0.2, -0.15) is 0 Å². The number of rotatable bonds is 7. The number of methoxy groups -OCH3 is 1. The van der Waals surface area contributed by atoms with Gasteiger partial charge in [0, 0.05) is 25.8 Å². The predicted molar refractivity (Wildman–Crippen MR) is 89.4 cm³/mol. The zero-order valence-corrected chi connectivity index (χ0v) is 14.1. The van der Waals surface area contributed by atoms with Gasteiger partial charge >= 0.3 is 12.4 Å². The Balaban J connectivity index is 1.90. The molecule has 0 radical (unpaired) electrons. The van der Waals surface area contributed by atoms with Gasteiger partial charge in [-0.25, -0.2) is 4.79 Å². The number of alkyl halides is 3. The van der Waals surface area contributed by atoms with E-state index in [0.29, 0.717) is 6.61 Å². The third kappa shape index (κ3) is 6.29. The summed E-state index contributed by atoms with van der Waals surface area (Å²) in [4.78, 5) is 11.9. The van der Waals surface area contributed by atoms with E-state index in [1.807, 2.05) is 24.3 Å². The van der Waals surface area contributed by atoms with Crippen molar-refractivity contribution in [3.05, 3.63) is 65.2 Å². The number of hydrogen-bond donors (Lipinski definition) is 2. The second-order valence-corrected chi connectivity index (χ2v) is 5.39. The Kier molecular flexibility index (Phi) is 6.85. The molecule has 0 heterocycles. The van der Waals surface area contributed by atoms with E-state index < -0.39 is 12.4 Å². The molecule has 0 unspecified atom stereocenters. The molecule has 0 aliphatic carbocycles. The van der Waals surface area contributed by atoms with Gasteiger partial charge in [-0.3, -0.25) is 0 Å². The van der Waals surface area contributed by atoms with Crippen molar-refractivity contribution in [3.63, 3.8) is 0 Å². The summed E-state index contributed by atoms with van der Waals surface area (Å²) in [6.45, 7) is 0.589. The molecule has 0 saturated carbocycles. The van der Waals surface area contributed by atoms with Crippen molar-refractivity contribution >= 4 is 6.03 Å². The van der Waals surface area contributed by atoms with Gasteiger partial charge in [-0.15, -0.1) is 13.2 Å². The number of halogens is 3. The number of hydrogen-bond acceptors (Lipinski definition) is 3. The Morgan fingerprint density at radius 1 is 0.923 bits per heavy atom. The molecule has 8 heteroatoms. The molecule has 2 N–H and O–H groups in total. The molecular weight excluding hydrogens is 349 g/mol. The van der Waals surface area contributed by atoms with Gasteiger partial charge in [-0.1, -0.05) is 42.5 Å². The number of nitrogens with one attached hydrogen (secondary N) is 2. The monoisotopic (exact) mass is 368 g/mol. The lowest BCUT2D eigenvalue weighted by Crippen LogP contribution is -2.35. The van der Waals surface area contributed by atoms with Gasteiger partial charge in [0.25, 0.3) is 0 Å². The van der Waals surface area contributed by atoms with Crippen LogP contribution in [-0.2, 0) is 24.4 Å². The van der Waals surface area contributed by atoms with Crippen molar-refractivity contribution in [2.45, 2.75) is 26.1 Å². The number of para-hydroxylation sites is 1. The predicted octanol–water partition coefficient (Wildman–Crippen LogP) is 3.73. The average molecular weight is 368 g/mol. The van der Waals surface area contributed by atoms with Crippen LogP contribution in [0.15, 0.2) is 48.5 Å². The van der Waals surface area contributed by atoms with Gasteiger partial charge in [0.05, 0.1) is 6.61 Å². The molecule has 2 aromatic carbocycles. The van der Waals surface area contributed by atoms with Gasteiger partial charge in [0.1, 0.15) is 5.75 Å². The molecule has 5 nitrogen and oxygen atoms in total. The van der Waals surface area contributed by atoms with E-state index in [0.717, 1.165) is 11.1 Å². The summed E-state index contributed by atoms with van der Waals surface area (Å²) in [5.41, 5.74) is 2.06. The van der Waals surface area contributed by atoms with Crippen LogP contribution in [0.4, 0.5) is 18.0 Å². The number of carbonyl (C=O) groups is 1. The topological polar surface area (TPSA) is 59.6 Å². The minimum atomic E-state index is -4.79. The van der Waals surface area contributed by atoms with E-state index in [1.165, 1.54) is 18.2 Å². The van der Waals surface area contributed by atoms with Crippen LogP contribution in [0.2, 0.25) is 0 Å². The van der Waals surface area contributed by atoms with E-state index in [2.05, 4.69) is 15.4 Å². The second-order valence-electron chi connectivity index (χ2n) is 5.39. The third-order valence-corrected chi connectivity index (χ3v) is 3.50. The zero-order chi connectivity index (χ0) is 19.0. The quantitative estimate of drug-likeness (QED) is 0.783. The lowest BCUT2D eigenvalue weighted by molar-refractivity contribution is -0.274. The smallest absolute Gasteiger partial charge is 0.405 e. The first-order valence-electron chi connectivity index (χ1n) is 7.80. The molecule has 2 aromatic rings. The minimum Gasteiger partial charge on any atom is -0.405 e. The summed E-state index contributed by atoms with van der Waals surface area (Å²) < 4.78 is 46.2. The highest BCUT2D eigenvalue weighted by Crippen LogP contribution is 2.26. The van der Waals surface area contributed by atoms with Crippen molar-refractivity contribution in [1.82, 2.24) is 10.6 Å². The Morgan fingerprint density at radius 2 is 1.46 bits per heavy atom. The lowest BCUT2D eigenvalue weighted by Gasteiger charge is -2.14. The summed E-state index contributed by atoms with van der Waals surface area (Å²) in [6.07, 6.45) is -4.79. The number of amides is 2. The summed E-state index contributed by atoms with van der Waals surface area (Å²) >= 11 is 0. The lowest BCUT2D eigenvalue weighted by atomic mass is 10.1. The van der Waals surface area contributed by atoms with Crippen molar-refractivity contribution < 1.29 is 27.4 Å². The number of benzene rings is 2. The maximum Gasteiger partial charge on any atom is 0.573 e. The standard InChI is InChI=1S/C18H19F3N2O3/c1-25-12-15-8-3-2-6-13(15)10-22-17(24)23-11-14-7-4-5-9-16(14)26-18(19,20)21/h2-9H,10-12H2,1H3,(H2,22,23,24). The summed E-state index contributed by atoms with van der Waals surface area (Å²) in [5.74, 6) is -0.342. The molecule has 2 amide bonds. The van der Waals surface area contributed by atoms with Crippen LogP contribution in [0, 0.1) is 0 Å². The second kappa shape index (κ2) is 9.10. The van der Waals surface area contributed by atoms with Gasteiger partial charge in [0.15, 0.2) is 0 Å². The minimum absolute atomic E-state index is 0.0994. The first kappa shape index (κ1) is 19.6. The molecule has 0 atom stereocenters. The maximum atomic E-state index is 12.4. The normalized spacial score (nSPS) is 11.1. The fourth-order valence-electron chi connectivity index (χ4n) is 2.31. The van der Waals surface area contributed by atoms with Crippen molar-refractivity contribution in [3.8, 4) is 5.75 Å². The van der Waals surface area contributed by atoms with Crippen LogP contribution < -0.4 is 15.4 Å². The molecule has 140 valence electrons. The highest BCUT2D eigenvalue weighted by atomic mass is 19.4. The van der Waals surface area contributed by atoms with E-state index in [1.54, 1.807) is 13.2 Å². The summed E-state index contributed by atoms with van der Waals surface area (Å²) in [6, 6.07) is 12.6. The molecule has 0 bridgehead atoms. The molecule has 0 fully saturated rings. The Hall–Kier alpha value is -2.74. The molecule has 0 aliphatic rings. The molecule has 0 aromatic heterocycles. The molecule has 0 spiro atoms. The SMILES string of the molecule is COCc1ccccc1CNC(=O)NCc1ccccc1OC(F)(F)F. The first-order chi connectivity index (χ1) is 12.4. The molecule has 2 rings (SSSR count). The summed E-state index contributed by atoms with van der Waals surface area (Å²) in [7, 11) is 1.58. The van der Waals surface area contributed by atoms with Crippen molar-refractivity contribution in [2.75, 3.05) is 7.11 Å². The highest BCUT2D eigenvalue weighted by molar-refractivity contribution is 5.74. The fourth-order valence-corrected chi connectivity index (χ4v) is 2.31. The Labute approximate surface area is 149 Å². The van der Waals surface area contributed by atoms with E-state index in [9.17, 15) is 18.0 Å². The van der Waals surface area contributed by atoms with E-state index >= 15 is 0 Å². The van der Waals surface area contributed by atoms with Gasteiger partial charge in [-0.05, 0) is 17.2 Å².